The standard InChI is InChI=1S/C14H14O3S2/c1-17-13(15)7-8-6-10-12(19-8)3-2-11-9(14(10)16)4-5-18-11/h4-6,14,16H,2-3,7H2,1H3. The van der Waals surface area contributed by atoms with E-state index in [1.807, 2.05) is 17.5 Å². The highest BCUT2D eigenvalue weighted by Crippen LogP contribution is 2.38. The highest BCUT2D eigenvalue weighted by Gasteiger charge is 2.25. The summed E-state index contributed by atoms with van der Waals surface area (Å²) in [6.45, 7) is 0. The van der Waals surface area contributed by atoms with E-state index in [1.165, 1.54) is 16.9 Å². The summed E-state index contributed by atoms with van der Waals surface area (Å²) in [7, 11) is 1.40. The molecule has 19 heavy (non-hydrogen) atoms. The second-order valence-electron chi connectivity index (χ2n) is 4.55. The molecule has 2 heterocycles. The van der Waals surface area contributed by atoms with E-state index in [4.69, 9.17) is 0 Å². The third-order valence-electron chi connectivity index (χ3n) is 3.39. The van der Waals surface area contributed by atoms with Crippen molar-refractivity contribution in [1.29, 1.82) is 0 Å². The molecule has 1 aliphatic rings. The summed E-state index contributed by atoms with van der Waals surface area (Å²) in [6, 6.07) is 3.95. The van der Waals surface area contributed by atoms with Gasteiger partial charge in [0, 0.05) is 14.6 Å². The number of aliphatic hydroxyl groups is 1. The SMILES string of the molecule is COC(=O)Cc1cc2c(s1)CCc1sccc1C2O. The summed E-state index contributed by atoms with van der Waals surface area (Å²) >= 11 is 3.32. The van der Waals surface area contributed by atoms with Gasteiger partial charge in [-0.2, -0.15) is 0 Å². The molecule has 0 amide bonds. The molecule has 2 aromatic rings. The van der Waals surface area contributed by atoms with Gasteiger partial charge in [0.15, 0.2) is 0 Å². The first-order chi connectivity index (χ1) is 9.19. The number of rotatable bonds is 2. The zero-order valence-corrected chi connectivity index (χ0v) is 12.1. The maximum atomic E-state index is 11.3. The number of carbonyl (C=O) groups excluding carboxylic acids is 1. The molecule has 100 valence electrons. The molecule has 2 aromatic heterocycles. The van der Waals surface area contributed by atoms with Gasteiger partial charge in [0.2, 0.25) is 0 Å². The number of esters is 1. The molecule has 0 aliphatic heterocycles. The van der Waals surface area contributed by atoms with Crippen LogP contribution >= 0.6 is 22.7 Å². The lowest BCUT2D eigenvalue weighted by Gasteiger charge is -2.08. The Kier molecular flexibility index (Phi) is 3.43. The molecule has 3 nitrogen and oxygen atoms in total. The Bertz CT molecular complexity index is 612. The molecule has 1 unspecified atom stereocenters. The van der Waals surface area contributed by atoms with E-state index in [0.29, 0.717) is 0 Å². The minimum Gasteiger partial charge on any atom is -0.469 e. The maximum Gasteiger partial charge on any atom is 0.310 e. The summed E-state index contributed by atoms with van der Waals surface area (Å²) in [6.07, 6.45) is 1.64. The predicted octanol–water partition coefficient (Wildman–Crippen LogP) is 2.71. The average molecular weight is 294 g/mol. The van der Waals surface area contributed by atoms with Crippen molar-refractivity contribution in [3.8, 4) is 0 Å². The first-order valence-corrected chi connectivity index (χ1v) is 7.81. The Morgan fingerprint density at radius 2 is 2.21 bits per heavy atom. The van der Waals surface area contributed by atoms with E-state index in [0.717, 1.165) is 28.8 Å². The summed E-state index contributed by atoms with van der Waals surface area (Å²) < 4.78 is 4.69. The Hall–Kier alpha value is -1.17. The van der Waals surface area contributed by atoms with Gasteiger partial charge < -0.3 is 9.84 Å². The summed E-state index contributed by atoms with van der Waals surface area (Å²) in [4.78, 5) is 14.7. The molecular weight excluding hydrogens is 280 g/mol. The van der Waals surface area contributed by atoms with Crippen molar-refractivity contribution in [2.45, 2.75) is 25.4 Å². The Morgan fingerprint density at radius 3 is 3.00 bits per heavy atom. The van der Waals surface area contributed by atoms with Crippen LogP contribution in [-0.4, -0.2) is 18.2 Å². The topological polar surface area (TPSA) is 46.5 Å². The number of carbonyl (C=O) groups is 1. The molecular formula is C14H14O3S2. The van der Waals surface area contributed by atoms with Crippen LogP contribution in [0.1, 0.15) is 31.9 Å². The third-order valence-corrected chi connectivity index (χ3v) is 5.59. The maximum absolute atomic E-state index is 11.3. The molecule has 0 fully saturated rings. The number of thiophene rings is 2. The molecule has 0 bridgehead atoms. The smallest absolute Gasteiger partial charge is 0.310 e. The number of ether oxygens (including phenoxy) is 1. The van der Waals surface area contributed by atoms with Crippen LogP contribution in [0.3, 0.4) is 0 Å². The van der Waals surface area contributed by atoms with Gasteiger partial charge in [-0.1, -0.05) is 0 Å². The normalized spacial score (nSPS) is 17.5. The second kappa shape index (κ2) is 5.07. The summed E-state index contributed by atoms with van der Waals surface area (Å²) in [5, 5.41) is 12.5. The zero-order valence-electron chi connectivity index (χ0n) is 10.5. The molecule has 0 spiro atoms. The molecule has 0 aromatic carbocycles. The van der Waals surface area contributed by atoms with Gasteiger partial charge in [-0.15, -0.1) is 22.7 Å². The van der Waals surface area contributed by atoms with Gasteiger partial charge in [0.05, 0.1) is 13.5 Å². The predicted molar refractivity (Wildman–Crippen MR) is 75.8 cm³/mol. The van der Waals surface area contributed by atoms with Crippen LogP contribution in [0.25, 0.3) is 0 Å². The third kappa shape index (κ3) is 2.33. The Balaban J connectivity index is 1.94. The highest BCUT2D eigenvalue weighted by atomic mass is 32.1. The zero-order chi connectivity index (χ0) is 13.4. The van der Waals surface area contributed by atoms with Crippen LogP contribution in [0.2, 0.25) is 0 Å². The molecule has 1 N–H and O–H groups in total. The molecule has 3 rings (SSSR count). The first-order valence-electron chi connectivity index (χ1n) is 6.11. The minimum absolute atomic E-state index is 0.234. The molecule has 0 radical (unpaired) electrons. The van der Waals surface area contributed by atoms with Crippen LogP contribution in [0.5, 0.6) is 0 Å². The second-order valence-corrected chi connectivity index (χ2v) is 6.77. The van der Waals surface area contributed by atoms with E-state index in [-0.39, 0.29) is 12.4 Å². The first kappa shape index (κ1) is 12.8. The summed E-state index contributed by atoms with van der Waals surface area (Å²) in [5.41, 5.74) is 1.98. The van der Waals surface area contributed by atoms with Crippen LogP contribution in [0, 0.1) is 0 Å². The van der Waals surface area contributed by atoms with Crippen molar-refractivity contribution in [3.05, 3.63) is 43.3 Å². The fourth-order valence-corrected chi connectivity index (χ4v) is 4.52. The van der Waals surface area contributed by atoms with Crippen LogP contribution in [-0.2, 0) is 28.8 Å². The van der Waals surface area contributed by atoms with Gasteiger partial charge in [-0.25, -0.2) is 0 Å². The van der Waals surface area contributed by atoms with Crippen LogP contribution in [0.15, 0.2) is 17.5 Å². The van der Waals surface area contributed by atoms with Crippen molar-refractivity contribution in [1.82, 2.24) is 0 Å². The van der Waals surface area contributed by atoms with Gasteiger partial charge >= 0.3 is 5.97 Å². The molecule has 0 saturated carbocycles. The average Bonchev–Trinajstić information content (AvgIpc) is 2.99. The monoisotopic (exact) mass is 294 g/mol. The minimum atomic E-state index is -0.554. The molecule has 1 atom stereocenters. The van der Waals surface area contributed by atoms with E-state index in [9.17, 15) is 9.90 Å². The Morgan fingerprint density at radius 1 is 1.42 bits per heavy atom. The Labute approximate surface area is 119 Å². The van der Waals surface area contributed by atoms with E-state index < -0.39 is 6.10 Å². The molecule has 0 saturated heterocycles. The number of aliphatic hydroxyl groups excluding tert-OH is 1. The van der Waals surface area contributed by atoms with E-state index >= 15 is 0 Å². The number of hydrogen-bond acceptors (Lipinski definition) is 5. The lowest BCUT2D eigenvalue weighted by molar-refractivity contribution is -0.139. The summed E-state index contributed by atoms with van der Waals surface area (Å²) in [5.74, 6) is -0.234. The van der Waals surface area contributed by atoms with E-state index in [2.05, 4.69) is 4.74 Å². The number of hydrogen-bond donors (Lipinski definition) is 1. The van der Waals surface area contributed by atoms with Gasteiger partial charge in [0.25, 0.3) is 0 Å². The molecule has 5 heteroatoms. The number of aryl methyl sites for hydroxylation is 2. The van der Waals surface area contributed by atoms with Gasteiger partial charge in [-0.05, 0) is 41.5 Å². The number of fused-ring (bicyclic) bond motifs is 2. The number of methoxy groups -OCH3 is 1. The van der Waals surface area contributed by atoms with Crippen molar-refractivity contribution < 1.29 is 14.6 Å². The van der Waals surface area contributed by atoms with Crippen LogP contribution < -0.4 is 0 Å². The van der Waals surface area contributed by atoms with Crippen molar-refractivity contribution in [3.63, 3.8) is 0 Å². The quantitative estimate of drug-likeness (QED) is 0.866. The van der Waals surface area contributed by atoms with E-state index in [1.54, 1.807) is 22.7 Å². The van der Waals surface area contributed by atoms with Crippen LogP contribution in [0.4, 0.5) is 0 Å². The van der Waals surface area contributed by atoms with Gasteiger partial charge in [-0.3, -0.25) is 4.79 Å². The fourth-order valence-electron chi connectivity index (χ4n) is 2.42. The van der Waals surface area contributed by atoms with Gasteiger partial charge in [0.1, 0.15) is 6.10 Å². The lowest BCUT2D eigenvalue weighted by Crippen LogP contribution is -2.03. The fraction of sp³-hybridized carbons (Fsp3) is 0.357. The van der Waals surface area contributed by atoms with Crippen molar-refractivity contribution >= 4 is 28.6 Å². The molecule has 1 aliphatic carbocycles. The van der Waals surface area contributed by atoms with Crippen molar-refractivity contribution in [2.24, 2.45) is 0 Å². The van der Waals surface area contributed by atoms with Crippen molar-refractivity contribution in [2.75, 3.05) is 7.11 Å². The lowest BCUT2D eigenvalue weighted by atomic mass is 10.0. The largest absolute Gasteiger partial charge is 0.469 e. The highest BCUT2D eigenvalue weighted by molar-refractivity contribution is 7.12.